The topological polar surface area (TPSA) is 0 Å². The number of hydrogen-bond donors (Lipinski definition) is 0. The van der Waals surface area contributed by atoms with Crippen molar-refractivity contribution >= 4 is 35.0 Å². The van der Waals surface area contributed by atoms with Crippen molar-refractivity contribution in [1.29, 1.82) is 0 Å². The van der Waals surface area contributed by atoms with Crippen LogP contribution < -0.4 is 0 Å². The van der Waals surface area contributed by atoms with E-state index >= 15 is 0 Å². The molecule has 0 radical (unpaired) electrons. The summed E-state index contributed by atoms with van der Waals surface area (Å²) in [6.45, 7) is 2.37. The monoisotopic (exact) mass is 398 g/mol. The van der Waals surface area contributed by atoms with Gasteiger partial charge in [0.05, 0.1) is 0 Å². The maximum absolute atomic E-state index is 4.42. The molecule has 0 atom stereocenters. The summed E-state index contributed by atoms with van der Waals surface area (Å²) in [6, 6.07) is 0. The molecule has 0 amide bonds. The Morgan fingerprint density at radius 1 is 0.778 bits per heavy atom. The summed E-state index contributed by atoms with van der Waals surface area (Å²) < 4.78 is -1.81. The maximum atomic E-state index is 4.42. The summed E-state index contributed by atoms with van der Waals surface area (Å²) in [5.74, 6) is 0. The van der Waals surface area contributed by atoms with Crippen molar-refractivity contribution in [1.82, 2.24) is 0 Å². The molecule has 0 unspecified atom stereocenters. The molecule has 0 nitrogen and oxygen atoms in total. The average Bonchev–Trinajstić information content (AvgIpc) is 2.41. The fourth-order valence-corrected chi connectivity index (χ4v) is 16.4. The predicted molar refractivity (Wildman–Crippen MR) is 93.7 cm³/mol. The Hall–Kier alpha value is 1.39. The van der Waals surface area contributed by atoms with Gasteiger partial charge in [-0.1, -0.05) is 0 Å². The molecule has 18 heavy (non-hydrogen) atoms. The summed E-state index contributed by atoms with van der Waals surface area (Å²) >= 11 is 8.84. The molecule has 2 aliphatic rings. The van der Waals surface area contributed by atoms with E-state index in [1.165, 1.54) is 76.8 Å². The fourth-order valence-electron chi connectivity index (χ4n) is 4.31. The second-order valence-corrected chi connectivity index (χ2v) is 23.7. The van der Waals surface area contributed by atoms with E-state index in [1.54, 1.807) is 0 Å². The summed E-state index contributed by atoms with van der Waals surface area (Å²) in [7, 11) is 0. The molecule has 0 bridgehead atoms. The first-order valence-corrected chi connectivity index (χ1v) is 14.6. The summed E-state index contributed by atoms with van der Waals surface area (Å²) in [4.78, 5) is 0. The van der Waals surface area contributed by atoms with Gasteiger partial charge in [0, 0.05) is 0 Å². The van der Waals surface area contributed by atoms with E-state index in [9.17, 15) is 0 Å². The molecule has 0 aromatic rings. The van der Waals surface area contributed by atoms with Crippen LogP contribution in [0.2, 0.25) is 0 Å². The molecule has 0 heterocycles. The second kappa shape index (κ2) is 6.44. The third kappa shape index (κ3) is 3.17. The first kappa shape index (κ1) is 15.8. The molecular formula is C15H29Br2P. The van der Waals surface area contributed by atoms with Crippen LogP contribution in [0.15, 0.2) is 0 Å². The predicted octanol–water partition coefficient (Wildman–Crippen LogP) is 7.23. The molecule has 0 N–H and O–H groups in total. The van der Waals surface area contributed by atoms with Crippen LogP contribution in [0.1, 0.15) is 77.6 Å². The van der Waals surface area contributed by atoms with E-state index in [4.69, 9.17) is 0 Å². The standard InChI is InChI=1S/C15H29Br2P/c1-2-13-18(16,17,14-9-5-3-6-10-14)15-11-7-4-8-12-15/h14-15H,2-13H2,1H3. The zero-order chi connectivity index (χ0) is 13.1. The number of rotatable bonds is 4. The van der Waals surface area contributed by atoms with Crippen molar-refractivity contribution in [2.24, 2.45) is 0 Å². The summed E-state index contributed by atoms with van der Waals surface area (Å²) in [5.41, 5.74) is 1.93. The molecule has 108 valence electrons. The molecule has 2 rings (SSSR count). The van der Waals surface area contributed by atoms with E-state index in [1.807, 2.05) is 0 Å². The molecule has 0 aliphatic heterocycles. The minimum atomic E-state index is -1.81. The molecule has 0 aromatic heterocycles. The van der Waals surface area contributed by atoms with Crippen molar-refractivity contribution in [3.63, 3.8) is 0 Å². The molecule has 2 saturated carbocycles. The Labute approximate surface area is 129 Å². The van der Waals surface area contributed by atoms with E-state index in [2.05, 4.69) is 37.9 Å². The summed E-state index contributed by atoms with van der Waals surface area (Å²) in [5, 5.41) is 0. The third-order valence-corrected chi connectivity index (χ3v) is 19.7. The van der Waals surface area contributed by atoms with Crippen molar-refractivity contribution < 1.29 is 0 Å². The van der Waals surface area contributed by atoms with Crippen molar-refractivity contribution in [2.75, 3.05) is 6.16 Å². The number of halogens is 2. The molecule has 0 spiro atoms. The Bertz CT molecular complexity index is 244. The van der Waals surface area contributed by atoms with Crippen LogP contribution in [0.4, 0.5) is 0 Å². The van der Waals surface area contributed by atoms with Crippen LogP contribution in [0, 0.1) is 0 Å². The van der Waals surface area contributed by atoms with Crippen LogP contribution >= 0.6 is 35.0 Å². The van der Waals surface area contributed by atoms with Gasteiger partial charge in [-0.25, -0.2) is 0 Å². The van der Waals surface area contributed by atoms with Gasteiger partial charge in [-0.2, -0.15) is 0 Å². The first-order chi connectivity index (χ1) is 8.57. The van der Waals surface area contributed by atoms with Gasteiger partial charge in [0.25, 0.3) is 0 Å². The molecule has 0 aromatic carbocycles. The zero-order valence-electron chi connectivity index (χ0n) is 11.8. The molecule has 0 saturated heterocycles. The van der Waals surface area contributed by atoms with E-state index in [0.29, 0.717) is 0 Å². The number of hydrogen-bond acceptors (Lipinski definition) is 0. The van der Waals surface area contributed by atoms with Gasteiger partial charge in [0.15, 0.2) is 0 Å². The van der Waals surface area contributed by atoms with Crippen LogP contribution in [0.25, 0.3) is 0 Å². The van der Waals surface area contributed by atoms with Gasteiger partial charge in [-0.3, -0.25) is 0 Å². The molecular weight excluding hydrogens is 371 g/mol. The van der Waals surface area contributed by atoms with E-state index in [0.717, 1.165) is 11.3 Å². The van der Waals surface area contributed by atoms with Crippen molar-refractivity contribution in [3.05, 3.63) is 0 Å². The van der Waals surface area contributed by atoms with Gasteiger partial charge in [0.1, 0.15) is 0 Å². The van der Waals surface area contributed by atoms with Crippen LogP contribution in [-0.2, 0) is 0 Å². The SMILES string of the molecule is CCCP(Br)(Br)(C1CCCCC1)C1CCCCC1. The average molecular weight is 400 g/mol. The van der Waals surface area contributed by atoms with Gasteiger partial charge in [0.2, 0.25) is 0 Å². The Morgan fingerprint density at radius 2 is 1.17 bits per heavy atom. The van der Waals surface area contributed by atoms with Crippen LogP contribution in [0.5, 0.6) is 0 Å². The second-order valence-electron chi connectivity index (χ2n) is 6.51. The Balaban J connectivity index is 2.20. The minimum absolute atomic E-state index is 0.966. The van der Waals surface area contributed by atoms with Crippen molar-refractivity contribution in [3.8, 4) is 0 Å². The first-order valence-electron chi connectivity index (χ1n) is 8.01. The normalized spacial score (nSPS) is 26.7. The molecule has 3 heteroatoms. The van der Waals surface area contributed by atoms with Crippen molar-refractivity contribution in [2.45, 2.75) is 88.9 Å². The molecule has 2 aliphatic carbocycles. The van der Waals surface area contributed by atoms with Crippen LogP contribution in [-0.4, -0.2) is 17.5 Å². The third-order valence-electron chi connectivity index (χ3n) is 5.29. The van der Waals surface area contributed by atoms with Gasteiger partial charge >= 0.3 is 130 Å². The summed E-state index contributed by atoms with van der Waals surface area (Å²) in [6.07, 6.45) is 17.5. The van der Waals surface area contributed by atoms with E-state index in [-0.39, 0.29) is 0 Å². The fraction of sp³-hybridized carbons (Fsp3) is 1.00. The van der Waals surface area contributed by atoms with Gasteiger partial charge in [-0.05, 0) is 0 Å². The van der Waals surface area contributed by atoms with Gasteiger partial charge < -0.3 is 0 Å². The van der Waals surface area contributed by atoms with Gasteiger partial charge in [-0.15, -0.1) is 0 Å². The Kier molecular flexibility index (Phi) is 5.64. The zero-order valence-corrected chi connectivity index (χ0v) is 15.9. The van der Waals surface area contributed by atoms with E-state index < -0.39 is 4.01 Å². The van der Waals surface area contributed by atoms with Crippen LogP contribution in [0.3, 0.4) is 0 Å². The molecule has 2 fully saturated rings. The Morgan fingerprint density at radius 3 is 1.50 bits per heavy atom. The quantitative estimate of drug-likeness (QED) is 0.437.